The predicted octanol–water partition coefficient (Wildman–Crippen LogP) is -0.0465. The van der Waals surface area contributed by atoms with Gasteiger partial charge in [0.1, 0.15) is 5.70 Å². The van der Waals surface area contributed by atoms with Gasteiger partial charge >= 0.3 is 5.97 Å². The highest BCUT2D eigenvalue weighted by Gasteiger charge is 2.60. The molecule has 106 valence electrons. The summed E-state index contributed by atoms with van der Waals surface area (Å²) < 4.78 is 0. The maximum absolute atomic E-state index is 12.0. The third kappa shape index (κ3) is 1.78. The minimum absolute atomic E-state index is 0.103. The number of carbonyl (C=O) groups is 2. The van der Waals surface area contributed by atoms with Gasteiger partial charge in [0.15, 0.2) is 0 Å². The SMILES string of the molecule is CC[C@H](O)C1=C(C(=O)O)N2C(=O)[C@H]([C@@H](C)O)C2[C@H]1C. The number of aliphatic carboxylic acids is 1. The maximum Gasteiger partial charge on any atom is 0.352 e. The van der Waals surface area contributed by atoms with Crippen LogP contribution < -0.4 is 0 Å². The number of rotatable bonds is 4. The highest BCUT2D eigenvalue weighted by Crippen LogP contribution is 2.48. The van der Waals surface area contributed by atoms with Gasteiger partial charge in [0.05, 0.1) is 24.2 Å². The molecule has 6 nitrogen and oxygen atoms in total. The van der Waals surface area contributed by atoms with Crippen LogP contribution in [-0.2, 0) is 9.59 Å². The highest BCUT2D eigenvalue weighted by molar-refractivity contribution is 6.00. The van der Waals surface area contributed by atoms with E-state index < -0.39 is 24.1 Å². The molecule has 1 amide bonds. The van der Waals surface area contributed by atoms with Crippen molar-refractivity contribution in [1.29, 1.82) is 0 Å². The van der Waals surface area contributed by atoms with Gasteiger partial charge in [-0.25, -0.2) is 4.79 Å². The molecule has 2 aliphatic heterocycles. The Morgan fingerprint density at radius 3 is 2.42 bits per heavy atom. The van der Waals surface area contributed by atoms with Crippen molar-refractivity contribution in [1.82, 2.24) is 4.90 Å². The fourth-order valence-corrected chi connectivity index (χ4v) is 3.26. The minimum atomic E-state index is -1.20. The van der Waals surface area contributed by atoms with Crippen molar-refractivity contribution in [3.8, 4) is 0 Å². The molecular weight excluding hydrogens is 250 g/mol. The molecule has 3 N–H and O–H groups in total. The molecule has 2 heterocycles. The number of carboxylic acid groups (broad SMARTS) is 1. The number of carboxylic acids is 1. The Morgan fingerprint density at radius 2 is 2.00 bits per heavy atom. The molecule has 1 saturated heterocycles. The van der Waals surface area contributed by atoms with E-state index >= 15 is 0 Å². The van der Waals surface area contributed by atoms with Crippen molar-refractivity contribution in [2.24, 2.45) is 11.8 Å². The van der Waals surface area contributed by atoms with Crippen molar-refractivity contribution < 1.29 is 24.9 Å². The molecule has 6 heteroatoms. The summed E-state index contributed by atoms with van der Waals surface area (Å²) in [5.41, 5.74) is 0.297. The van der Waals surface area contributed by atoms with E-state index in [0.717, 1.165) is 0 Å². The Hall–Kier alpha value is -1.40. The average Bonchev–Trinajstić information content (AvgIpc) is 2.57. The first-order valence-corrected chi connectivity index (χ1v) is 6.49. The van der Waals surface area contributed by atoms with Gasteiger partial charge in [0.2, 0.25) is 5.91 Å². The van der Waals surface area contributed by atoms with Crippen molar-refractivity contribution in [2.45, 2.75) is 45.4 Å². The van der Waals surface area contributed by atoms with Crippen molar-refractivity contribution >= 4 is 11.9 Å². The van der Waals surface area contributed by atoms with Crippen LogP contribution in [0.5, 0.6) is 0 Å². The molecular formula is C13H19NO5. The van der Waals surface area contributed by atoms with Crippen LogP contribution in [0.15, 0.2) is 11.3 Å². The second kappa shape index (κ2) is 4.61. The number of amides is 1. The third-order valence-electron chi connectivity index (χ3n) is 4.17. The second-order valence-corrected chi connectivity index (χ2v) is 5.29. The Balaban J connectivity index is 2.43. The number of β-lactam (4-membered cyclic amide) rings is 1. The molecule has 0 bridgehead atoms. The van der Waals surface area contributed by atoms with Crippen LogP contribution in [0.2, 0.25) is 0 Å². The highest BCUT2D eigenvalue weighted by atomic mass is 16.4. The summed E-state index contributed by atoms with van der Waals surface area (Å²) in [6, 6.07) is -0.352. The molecule has 0 aliphatic carbocycles. The minimum Gasteiger partial charge on any atom is -0.477 e. The standard InChI is InChI=1S/C13H19NO5/c1-4-7(16)8-5(2)10-9(6(3)15)12(17)14(10)11(8)13(18)19/h5-7,9-10,15-16H,4H2,1-3H3,(H,18,19)/t5-,6+,7-,9+,10?/m0/s1. The maximum atomic E-state index is 12.0. The Kier molecular flexibility index (Phi) is 3.40. The monoisotopic (exact) mass is 269 g/mol. The molecule has 0 aromatic carbocycles. The van der Waals surface area contributed by atoms with E-state index in [1.54, 1.807) is 13.8 Å². The summed E-state index contributed by atoms with van der Waals surface area (Å²) in [6.07, 6.45) is -1.29. The van der Waals surface area contributed by atoms with Crippen LogP contribution in [-0.4, -0.2) is 50.3 Å². The largest absolute Gasteiger partial charge is 0.477 e. The molecule has 1 unspecified atom stereocenters. The zero-order valence-corrected chi connectivity index (χ0v) is 11.2. The van der Waals surface area contributed by atoms with Crippen LogP contribution in [0.25, 0.3) is 0 Å². The van der Waals surface area contributed by atoms with Gasteiger partial charge < -0.3 is 20.2 Å². The molecule has 2 rings (SSSR count). The van der Waals surface area contributed by atoms with E-state index in [0.29, 0.717) is 12.0 Å². The van der Waals surface area contributed by atoms with Gasteiger partial charge in [0, 0.05) is 5.92 Å². The number of aliphatic hydroxyl groups excluding tert-OH is 2. The summed E-state index contributed by atoms with van der Waals surface area (Å²) in [7, 11) is 0. The molecule has 2 aliphatic rings. The van der Waals surface area contributed by atoms with Crippen LogP contribution in [0, 0.1) is 11.8 Å². The summed E-state index contributed by atoms with van der Waals surface area (Å²) in [5, 5.41) is 28.9. The van der Waals surface area contributed by atoms with E-state index in [4.69, 9.17) is 0 Å². The van der Waals surface area contributed by atoms with Gasteiger partial charge in [-0.05, 0) is 18.9 Å². The lowest BCUT2D eigenvalue weighted by atomic mass is 9.77. The van der Waals surface area contributed by atoms with Gasteiger partial charge in [-0.15, -0.1) is 0 Å². The van der Waals surface area contributed by atoms with Crippen LogP contribution >= 0.6 is 0 Å². The van der Waals surface area contributed by atoms with Gasteiger partial charge in [-0.1, -0.05) is 13.8 Å². The molecule has 0 saturated carbocycles. The van der Waals surface area contributed by atoms with Crippen molar-refractivity contribution in [3.05, 3.63) is 11.3 Å². The normalized spacial score (nSPS) is 33.0. The van der Waals surface area contributed by atoms with Gasteiger partial charge in [-0.3, -0.25) is 4.79 Å². The summed E-state index contributed by atoms with van der Waals surface area (Å²) in [5.74, 6) is -2.40. The lowest BCUT2D eigenvalue weighted by Crippen LogP contribution is -2.63. The lowest BCUT2D eigenvalue weighted by molar-refractivity contribution is -0.163. The fraction of sp³-hybridized carbons (Fsp3) is 0.692. The smallest absolute Gasteiger partial charge is 0.352 e. The van der Waals surface area contributed by atoms with Crippen molar-refractivity contribution in [2.75, 3.05) is 0 Å². The zero-order chi connectivity index (χ0) is 14.5. The summed E-state index contributed by atoms with van der Waals surface area (Å²) >= 11 is 0. The molecule has 0 aromatic rings. The summed E-state index contributed by atoms with van der Waals surface area (Å²) in [4.78, 5) is 24.6. The zero-order valence-electron chi connectivity index (χ0n) is 11.2. The molecule has 0 radical (unpaired) electrons. The first-order valence-electron chi connectivity index (χ1n) is 6.49. The first-order chi connectivity index (χ1) is 8.82. The number of hydrogen-bond donors (Lipinski definition) is 3. The van der Waals surface area contributed by atoms with E-state index in [1.165, 1.54) is 11.8 Å². The Morgan fingerprint density at radius 1 is 1.42 bits per heavy atom. The number of aliphatic hydroxyl groups is 2. The topological polar surface area (TPSA) is 98.1 Å². The quantitative estimate of drug-likeness (QED) is 0.622. The van der Waals surface area contributed by atoms with Gasteiger partial charge in [0.25, 0.3) is 0 Å². The Bertz CT molecular complexity index is 456. The van der Waals surface area contributed by atoms with Crippen LogP contribution in [0.3, 0.4) is 0 Å². The molecule has 0 aromatic heterocycles. The van der Waals surface area contributed by atoms with Crippen LogP contribution in [0.4, 0.5) is 0 Å². The first kappa shape index (κ1) is 14.0. The number of carbonyl (C=O) groups excluding carboxylic acids is 1. The number of hydrogen-bond acceptors (Lipinski definition) is 4. The van der Waals surface area contributed by atoms with Gasteiger partial charge in [-0.2, -0.15) is 0 Å². The summed E-state index contributed by atoms with van der Waals surface area (Å²) in [6.45, 7) is 5.08. The van der Waals surface area contributed by atoms with Crippen LogP contribution in [0.1, 0.15) is 27.2 Å². The van der Waals surface area contributed by atoms with E-state index in [9.17, 15) is 24.9 Å². The van der Waals surface area contributed by atoms with E-state index in [-0.39, 0.29) is 23.6 Å². The average molecular weight is 269 g/mol. The molecule has 0 spiro atoms. The lowest BCUT2D eigenvalue weighted by Gasteiger charge is -2.46. The Labute approximate surface area is 111 Å². The van der Waals surface area contributed by atoms with Crippen molar-refractivity contribution in [3.63, 3.8) is 0 Å². The number of nitrogens with zero attached hydrogens (tertiary/aromatic N) is 1. The molecule has 1 fully saturated rings. The predicted molar refractivity (Wildman–Crippen MR) is 65.9 cm³/mol. The second-order valence-electron chi connectivity index (χ2n) is 5.29. The molecule has 5 atom stereocenters. The van der Waals surface area contributed by atoms with E-state index in [2.05, 4.69) is 0 Å². The van der Waals surface area contributed by atoms with E-state index in [1.807, 2.05) is 0 Å². The fourth-order valence-electron chi connectivity index (χ4n) is 3.26. The molecule has 19 heavy (non-hydrogen) atoms. The third-order valence-corrected chi connectivity index (χ3v) is 4.17. The number of fused-ring (bicyclic) bond motifs is 1.